The molecule has 4 rings (SSSR count). The number of benzene rings is 1. The van der Waals surface area contributed by atoms with Gasteiger partial charge in [0.05, 0.1) is 18.3 Å². The van der Waals surface area contributed by atoms with Gasteiger partial charge in [-0.3, -0.25) is 4.99 Å². The van der Waals surface area contributed by atoms with Crippen molar-refractivity contribution in [1.82, 2.24) is 20.0 Å². The van der Waals surface area contributed by atoms with Gasteiger partial charge in [0.2, 0.25) is 0 Å². The highest BCUT2D eigenvalue weighted by Crippen LogP contribution is 2.30. The number of rotatable bonds is 9. The van der Waals surface area contributed by atoms with Crippen LogP contribution in [0.5, 0.6) is 5.75 Å². The van der Waals surface area contributed by atoms with Crippen molar-refractivity contribution in [3.63, 3.8) is 0 Å². The second-order valence-corrected chi connectivity index (χ2v) is 8.02. The molecule has 0 saturated heterocycles. The molecule has 0 aliphatic heterocycles. The molecule has 3 aromatic rings. The standard InChI is InChI=1S/C24H30FN5O/c1-3-26-24(27-12-11-20-15-30-13-5-4-6-23(30)29-20)28-17(2)19-9-10-22(21(25)14-19)31-16-18-7-8-18/h4-6,9-10,13-15,17-18H,3,7-8,11-12,16H2,1-2H3,(H2,26,27,28). The van der Waals surface area contributed by atoms with E-state index in [1.54, 1.807) is 12.1 Å². The average Bonchev–Trinajstić information content (AvgIpc) is 3.50. The second-order valence-electron chi connectivity index (χ2n) is 8.02. The molecule has 6 nitrogen and oxygen atoms in total. The molecule has 1 fully saturated rings. The van der Waals surface area contributed by atoms with Crippen molar-refractivity contribution in [2.45, 2.75) is 39.2 Å². The summed E-state index contributed by atoms with van der Waals surface area (Å²) in [6.45, 7) is 5.97. The number of imidazole rings is 1. The molecule has 1 atom stereocenters. The van der Waals surface area contributed by atoms with Gasteiger partial charge < -0.3 is 19.8 Å². The van der Waals surface area contributed by atoms with Crippen LogP contribution in [0.3, 0.4) is 0 Å². The van der Waals surface area contributed by atoms with Crippen LogP contribution in [0, 0.1) is 11.7 Å². The number of nitrogens with zero attached hydrogens (tertiary/aromatic N) is 3. The molecule has 0 spiro atoms. The first-order valence-electron chi connectivity index (χ1n) is 11.0. The molecule has 1 aromatic carbocycles. The van der Waals surface area contributed by atoms with Gasteiger partial charge in [-0.15, -0.1) is 0 Å². The van der Waals surface area contributed by atoms with Crippen LogP contribution in [0.2, 0.25) is 0 Å². The predicted molar refractivity (Wildman–Crippen MR) is 121 cm³/mol. The summed E-state index contributed by atoms with van der Waals surface area (Å²) in [6.07, 6.45) is 7.14. The van der Waals surface area contributed by atoms with Crippen molar-refractivity contribution in [3.05, 3.63) is 65.9 Å². The molecule has 2 aromatic heterocycles. The lowest BCUT2D eigenvalue weighted by atomic mass is 10.1. The van der Waals surface area contributed by atoms with Crippen LogP contribution in [-0.2, 0) is 6.42 Å². The molecular weight excluding hydrogens is 393 g/mol. The lowest BCUT2D eigenvalue weighted by Crippen LogP contribution is -2.38. The maximum atomic E-state index is 14.4. The highest BCUT2D eigenvalue weighted by atomic mass is 19.1. The van der Waals surface area contributed by atoms with Crippen LogP contribution >= 0.6 is 0 Å². The summed E-state index contributed by atoms with van der Waals surface area (Å²) in [5, 5.41) is 6.62. The maximum absolute atomic E-state index is 14.4. The van der Waals surface area contributed by atoms with Crippen LogP contribution in [0.1, 0.15) is 44.0 Å². The van der Waals surface area contributed by atoms with E-state index < -0.39 is 0 Å². The summed E-state index contributed by atoms with van der Waals surface area (Å²) in [5.41, 5.74) is 2.79. The fraction of sp³-hybridized carbons (Fsp3) is 0.417. The monoisotopic (exact) mass is 423 g/mol. The first kappa shape index (κ1) is 21.2. The Balaban J connectivity index is 1.35. The van der Waals surface area contributed by atoms with Gasteiger partial charge in [-0.25, -0.2) is 9.37 Å². The summed E-state index contributed by atoms with van der Waals surface area (Å²) in [7, 11) is 0. The zero-order valence-electron chi connectivity index (χ0n) is 18.1. The average molecular weight is 424 g/mol. The fourth-order valence-corrected chi connectivity index (χ4v) is 3.39. The number of hydrogen-bond donors (Lipinski definition) is 2. The third-order valence-electron chi connectivity index (χ3n) is 5.38. The van der Waals surface area contributed by atoms with E-state index in [1.807, 2.05) is 54.9 Å². The number of pyridine rings is 1. The Labute approximate surface area is 182 Å². The van der Waals surface area contributed by atoms with Crippen molar-refractivity contribution < 1.29 is 9.13 Å². The Morgan fingerprint density at radius 2 is 2.19 bits per heavy atom. The third-order valence-corrected chi connectivity index (χ3v) is 5.38. The third kappa shape index (κ3) is 5.75. The number of guanidine groups is 1. The minimum Gasteiger partial charge on any atom is -0.490 e. The second kappa shape index (κ2) is 9.81. The summed E-state index contributed by atoms with van der Waals surface area (Å²) in [4.78, 5) is 9.28. The molecule has 0 radical (unpaired) electrons. The van der Waals surface area contributed by atoms with E-state index in [9.17, 15) is 4.39 Å². The molecule has 1 aliphatic rings. The highest BCUT2D eigenvalue weighted by Gasteiger charge is 2.22. The Morgan fingerprint density at radius 1 is 1.32 bits per heavy atom. The number of nitrogens with one attached hydrogen (secondary N) is 2. The Kier molecular flexibility index (Phi) is 6.70. The van der Waals surface area contributed by atoms with Crippen molar-refractivity contribution in [3.8, 4) is 5.75 Å². The number of halogens is 1. The molecule has 1 unspecified atom stereocenters. The highest BCUT2D eigenvalue weighted by molar-refractivity contribution is 5.80. The number of aromatic nitrogens is 2. The van der Waals surface area contributed by atoms with E-state index >= 15 is 0 Å². The summed E-state index contributed by atoms with van der Waals surface area (Å²) >= 11 is 0. The fourth-order valence-electron chi connectivity index (χ4n) is 3.39. The van der Waals surface area contributed by atoms with E-state index in [-0.39, 0.29) is 11.9 Å². The maximum Gasteiger partial charge on any atom is 0.191 e. The van der Waals surface area contributed by atoms with E-state index in [1.165, 1.54) is 12.8 Å². The largest absolute Gasteiger partial charge is 0.490 e. The smallest absolute Gasteiger partial charge is 0.191 e. The number of ether oxygens (including phenoxy) is 1. The number of aliphatic imine (C=N–C) groups is 1. The van der Waals surface area contributed by atoms with E-state index in [4.69, 9.17) is 4.74 Å². The summed E-state index contributed by atoms with van der Waals surface area (Å²) in [6, 6.07) is 11.0. The Hall–Kier alpha value is -3.09. The van der Waals surface area contributed by atoms with E-state index in [2.05, 4.69) is 20.6 Å². The van der Waals surface area contributed by atoms with Gasteiger partial charge >= 0.3 is 0 Å². The molecule has 164 valence electrons. The quantitative estimate of drug-likeness (QED) is 0.401. The van der Waals surface area contributed by atoms with Gasteiger partial charge in [-0.1, -0.05) is 12.1 Å². The summed E-state index contributed by atoms with van der Waals surface area (Å²) in [5.74, 6) is 1.31. The first-order chi connectivity index (χ1) is 15.1. The lowest BCUT2D eigenvalue weighted by Gasteiger charge is -2.19. The van der Waals surface area contributed by atoms with Crippen molar-refractivity contribution in [2.24, 2.45) is 10.9 Å². The van der Waals surface area contributed by atoms with Crippen LogP contribution in [0.4, 0.5) is 4.39 Å². The van der Waals surface area contributed by atoms with Crippen LogP contribution in [0.15, 0.2) is 53.8 Å². The number of fused-ring (bicyclic) bond motifs is 1. The van der Waals surface area contributed by atoms with Gasteiger partial charge in [0.25, 0.3) is 0 Å². The van der Waals surface area contributed by atoms with E-state index in [0.717, 1.165) is 29.9 Å². The van der Waals surface area contributed by atoms with E-state index in [0.29, 0.717) is 30.8 Å². The minimum atomic E-state index is -0.319. The molecular formula is C24H30FN5O. The molecule has 7 heteroatoms. The molecule has 2 N–H and O–H groups in total. The molecule has 31 heavy (non-hydrogen) atoms. The molecule has 0 bridgehead atoms. The zero-order valence-corrected chi connectivity index (χ0v) is 18.1. The van der Waals surface area contributed by atoms with Gasteiger partial charge in [-0.2, -0.15) is 0 Å². The molecule has 1 aliphatic carbocycles. The number of hydrogen-bond acceptors (Lipinski definition) is 3. The van der Waals surface area contributed by atoms with Crippen LogP contribution < -0.4 is 15.4 Å². The van der Waals surface area contributed by atoms with Crippen LogP contribution in [-0.4, -0.2) is 35.0 Å². The normalized spacial score (nSPS) is 15.1. The van der Waals surface area contributed by atoms with Gasteiger partial charge in [-0.05, 0) is 62.4 Å². The van der Waals surface area contributed by atoms with Crippen molar-refractivity contribution in [2.75, 3.05) is 19.7 Å². The van der Waals surface area contributed by atoms with Crippen molar-refractivity contribution in [1.29, 1.82) is 0 Å². The van der Waals surface area contributed by atoms with Crippen molar-refractivity contribution >= 4 is 11.6 Å². The predicted octanol–water partition coefficient (Wildman–Crippen LogP) is 4.12. The Bertz CT molecular complexity index is 1010. The lowest BCUT2D eigenvalue weighted by molar-refractivity contribution is 0.285. The Morgan fingerprint density at radius 3 is 2.94 bits per heavy atom. The minimum absolute atomic E-state index is 0.0972. The molecule has 0 amide bonds. The molecule has 1 saturated carbocycles. The SMILES string of the molecule is CCNC(=NCCc1cn2ccccc2n1)NC(C)c1ccc(OCC2CC2)c(F)c1. The topological polar surface area (TPSA) is 63.0 Å². The zero-order chi connectivity index (χ0) is 21.6. The summed E-state index contributed by atoms with van der Waals surface area (Å²) < 4.78 is 22.0. The van der Waals surface area contributed by atoms with Gasteiger partial charge in [0, 0.05) is 31.9 Å². The first-order valence-corrected chi connectivity index (χ1v) is 11.0. The van der Waals surface area contributed by atoms with Crippen LogP contribution in [0.25, 0.3) is 5.65 Å². The molecule has 2 heterocycles. The van der Waals surface area contributed by atoms with Gasteiger partial charge in [0.1, 0.15) is 5.65 Å². The van der Waals surface area contributed by atoms with Gasteiger partial charge in [0.15, 0.2) is 17.5 Å².